The number of piperidine rings is 1. The van der Waals surface area contributed by atoms with Gasteiger partial charge in [0.15, 0.2) is 0 Å². The van der Waals surface area contributed by atoms with E-state index in [1.165, 1.54) is 0 Å². The average Bonchev–Trinajstić information content (AvgIpc) is 2.17. The lowest BCUT2D eigenvalue weighted by molar-refractivity contribution is -0.183. The van der Waals surface area contributed by atoms with E-state index in [0.717, 1.165) is 13.1 Å². The molecule has 6 heteroatoms. The summed E-state index contributed by atoms with van der Waals surface area (Å²) in [5.74, 6) is 0. The van der Waals surface area contributed by atoms with Crippen LogP contribution in [0, 0.1) is 5.41 Å². The van der Waals surface area contributed by atoms with Gasteiger partial charge in [-0.1, -0.05) is 0 Å². The molecule has 0 bridgehead atoms. The van der Waals surface area contributed by atoms with Crippen LogP contribution in [0.2, 0.25) is 0 Å². The number of aliphatic hydroxyl groups is 1. The average molecular weight is 227 g/mol. The maximum Gasteiger partial charge on any atom is 0.411 e. The Labute approximate surface area is 86.6 Å². The van der Waals surface area contributed by atoms with Crippen LogP contribution in [-0.2, 0) is 4.74 Å². The van der Waals surface area contributed by atoms with E-state index < -0.39 is 18.2 Å². The molecule has 0 spiro atoms. The summed E-state index contributed by atoms with van der Waals surface area (Å²) < 4.78 is 40.1. The van der Waals surface area contributed by atoms with E-state index in [1.54, 1.807) is 0 Å². The first-order chi connectivity index (χ1) is 6.97. The van der Waals surface area contributed by atoms with Gasteiger partial charge in [0.2, 0.25) is 0 Å². The van der Waals surface area contributed by atoms with Gasteiger partial charge in [-0.2, -0.15) is 13.2 Å². The fourth-order valence-electron chi connectivity index (χ4n) is 1.69. The van der Waals surface area contributed by atoms with Crippen molar-refractivity contribution in [1.82, 2.24) is 5.32 Å². The largest absolute Gasteiger partial charge is 0.411 e. The van der Waals surface area contributed by atoms with E-state index in [9.17, 15) is 18.3 Å². The molecule has 1 heterocycles. The number of ether oxygens (including phenoxy) is 1. The molecule has 1 rings (SSSR count). The molecule has 15 heavy (non-hydrogen) atoms. The number of alkyl halides is 3. The molecule has 0 amide bonds. The summed E-state index contributed by atoms with van der Waals surface area (Å²) in [6.07, 6.45) is -2.98. The summed E-state index contributed by atoms with van der Waals surface area (Å²) in [6, 6.07) is 0. The second-order valence-electron chi connectivity index (χ2n) is 4.02. The van der Waals surface area contributed by atoms with Crippen LogP contribution in [0.25, 0.3) is 0 Å². The maximum absolute atomic E-state index is 11.8. The smallest absolute Gasteiger partial charge is 0.396 e. The second kappa shape index (κ2) is 5.14. The Morgan fingerprint density at radius 3 is 2.33 bits per heavy atom. The molecular formula is C9H16F3NO2. The van der Waals surface area contributed by atoms with Crippen molar-refractivity contribution in [1.29, 1.82) is 0 Å². The minimum Gasteiger partial charge on any atom is -0.396 e. The summed E-state index contributed by atoms with van der Waals surface area (Å²) in [7, 11) is 0. The van der Waals surface area contributed by atoms with Gasteiger partial charge in [0.05, 0.1) is 13.2 Å². The molecule has 1 aliphatic rings. The maximum atomic E-state index is 11.8. The molecule has 0 unspecified atom stereocenters. The van der Waals surface area contributed by atoms with Crippen molar-refractivity contribution in [3.8, 4) is 0 Å². The third-order valence-corrected chi connectivity index (χ3v) is 2.67. The SMILES string of the molecule is OCC1(COCC(F)(F)F)CCNCC1. The van der Waals surface area contributed by atoms with Crippen molar-refractivity contribution in [3.63, 3.8) is 0 Å². The lowest BCUT2D eigenvalue weighted by atomic mass is 9.80. The summed E-state index contributed by atoms with van der Waals surface area (Å²) in [5, 5.41) is 12.3. The van der Waals surface area contributed by atoms with Crippen LogP contribution in [-0.4, -0.2) is 44.2 Å². The van der Waals surface area contributed by atoms with Crippen LogP contribution < -0.4 is 5.32 Å². The van der Waals surface area contributed by atoms with Crippen molar-refractivity contribution in [3.05, 3.63) is 0 Å². The monoisotopic (exact) mass is 227 g/mol. The van der Waals surface area contributed by atoms with Crippen molar-refractivity contribution in [2.24, 2.45) is 5.41 Å². The zero-order valence-electron chi connectivity index (χ0n) is 8.44. The van der Waals surface area contributed by atoms with Crippen molar-refractivity contribution >= 4 is 0 Å². The fourth-order valence-corrected chi connectivity index (χ4v) is 1.69. The number of halogens is 3. The zero-order chi connectivity index (χ0) is 11.4. The van der Waals surface area contributed by atoms with Gasteiger partial charge in [0.1, 0.15) is 6.61 Å². The second-order valence-corrected chi connectivity index (χ2v) is 4.02. The molecule has 0 saturated carbocycles. The molecule has 3 nitrogen and oxygen atoms in total. The van der Waals surface area contributed by atoms with E-state index >= 15 is 0 Å². The van der Waals surface area contributed by atoms with E-state index in [4.69, 9.17) is 0 Å². The molecule has 0 aromatic rings. The summed E-state index contributed by atoms with van der Waals surface area (Å²) in [5.41, 5.74) is -0.490. The van der Waals surface area contributed by atoms with Crippen molar-refractivity contribution < 1.29 is 23.0 Å². The van der Waals surface area contributed by atoms with E-state index in [0.29, 0.717) is 12.8 Å². The molecule has 1 saturated heterocycles. The highest BCUT2D eigenvalue weighted by Crippen LogP contribution is 2.29. The summed E-state index contributed by atoms with van der Waals surface area (Å²) >= 11 is 0. The number of hydrogen-bond donors (Lipinski definition) is 2. The highest BCUT2D eigenvalue weighted by molar-refractivity contribution is 4.84. The Morgan fingerprint density at radius 2 is 1.87 bits per heavy atom. The molecule has 1 fully saturated rings. The van der Waals surface area contributed by atoms with Crippen molar-refractivity contribution in [2.75, 3.05) is 32.9 Å². The first-order valence-corrected chi connectivity index (χ1v) is 4.94. The van der Waals surface area contributed by atoms with Gasteiger partial charge >= 0.3 is 6.18 Å². The molecule has 2 N–H and O–H groups in total. The lowest BCUT2D eigenvalue weighted by Gasteiger charge is -2.35. The lowest BCUT2D eigenvalue weighted by Crippen LogP contribution is -2.42. The highest BCUT2D eigenvalue weighted by Gasteiger charge is 2.34. The van der Waals surface area contributed by atoms with Gasteiger partial charge in [-0.05, 0) is 25.9 Å². The van der Waals surface area contributed by atoms with E-state index in [1.807, 2.05) is 0 Å². The summed E-state index contributed by atoms with van der Waals surface area (Å²) in [4.78, 5) is 0. The highest BCUT2D eigenvalue weighted by atomic mass is 19.4. The number of hydrogen-bond acceptors (Lipinski definition) is 3. The zero-order valence-corrected chi connectivity index (χ0v) is 8.44. The Morgan fingerprint density at radius 1 is 1.27 bits per heavy atom. The van der Waals surface area contributed by atoms with Gasteiger partial charge < -0.3 is 15.2 Å². The van der Waals surface area contributed by atoms with Crippen LogP contribution >= 0.6 is 0 Å². The van der Waals surface area contributed by atoms with Crippen molar-refractivity contribution in [2.45, 2.75) is 19.0 Å². The third-order valence-electron chi connectivity index (χ3n) is 2.67. The fraction of sp³-hybridized carbons (Fsp3) is 1.00. The predicted molar refractivity (Wildman–Crippen MR) is 48.5 cm³/mol. The predicted octanol–water partition coefficient (Wildman–Crippen LogP) is 0.927. The molecule has 0 atom stereocenters. The van der Waals surface area contributed by atoms with Gasteiger partial charge in [-0.15, -0.1) is 0 Å². The van der Waals surface area contributed by atoms with Gasteiger partial charge in [0, 0.05) is 5.41 Å². The first-order valence-electron chi connectivity index (χ1n) is 4.94. The van der Waals surface area contributed by atoms with Gasteiger partial charge in [-0.3, -0.25) is 0 Å². The molecule has 0 aromatic carbocycles. The Hall–Kier alpha value is -0.330. The number of aliphatic hydroxyl groups excluding tert-OH is 1. The van der Waals surface area contributed by atoms with E-state index in [-0.39, 0.29) is 13.2 Å². The summed E-state index contributed by atoms with van der Waals surface area (Å²) in [6.45, 7) is 0.0608. The normalized spacial score (nSPS) is 21.6. The van der Waals surface area contributed by atoms with Crippen LogP contribution in [0.1, 0.15) is 12.8 Å². The standard InChI is InChI=1S/C9H16F3NO2/c10-9(11,12)7-15-6-8(5-14)1-3-13-4-2-8/h13-14H,1-7H2. The Bertz CT molecular complexity index is 190. The van der Waals surface area contributed by atoms with Crippen LogP contribution in [0.5, 0.6) is 0 Å². The molecule has 0 aromatic heterocycles. The van der Waals surface area contributed by atoms with Gasteiger partial charge in [-0.25, -0.2) is 0 Å². The van der Waals surface area contributed by atoms with Crippen LogP contribution in [0.3, 0.4) is 0 Å². The minimum atomic E-state index is -4.29. The quantitative estimate of drug-likeness (QED) is 0.750. The van der Waals surface area contributed by atoms with E-state index in [2.05, 4.69) is 10.1 Å². The molecular weight excluding hydrogens is 211 g/mol. The number of nitrogens with one attached hydrogen (secondary N) is 1. The molecule has 0 radical (unpaired) electrons. The Balaban J connectivity index is 2.33. The van der Waals surface area contributed by atoms with Crippen LogP contribution in [0.4, 0.5) is 13.2 Å². The minimum absolute atomic E-state index is 0.0231. The molecule has 0 aliphatic carbocycles. The van der Waals surface area contributed by atoms with Crippen LogP contribution in [0.15, 0.2) is 0 Å². The third kappa shape index (κ3) is 4.36. The molecule has 90 valence electrons. The Kier molecular flexibility index (Phi) is 4.36. The topological polar surface area (TPSA) is 41.5 Å². The first kappa shape index (κ1) is 12.7. The number of rotatable bonds is 4. The van der Waals surface area contributed by atoms with Gasteiger partial charge in [0.25, 0.3) is 0 Å². The molecule has 1 aliphatic heterocycles.